The van der Waals surface area contributed by atoms with E-state index in [2.05, 4.69) is 15.5 Å². The number of nitrogens with one attached hydrogen (secondary N) is 2. The number of aliphatic hydroxyl groups is 1. The van der Waals surface area contributed by atoms with Gasteiger partial charge in [-0.1, -0.05) is 37.3 Å². The zero-order chi connectivity index (χ0) is 16.8. The Morgan fingerprint density at radius 3 is 2.61 bits per heavy atom. The predicted octanol–water partition coefficient (Wildman–Crippen LogP) is 2.24. The summed E-state index contributed by atoms with van der Waals surface area (Å²) in [5.41, 5.74) is 4.11. The Hall–Kier alpha value is -2.14. The van der Waals surface area contributed by atoms with Crippen LogP contribution in [0.5, 0.6) is 0 Å². The van der Waals surface area contributed by atoms with Gasteiger partial charge in [0, 0.05) is 25.1 Å². The van der Waals surface area contributed by atoms with E-state index in [1.54, 1.807) is 0 Å². The number of carbonyl (C=O) groups excluding carboxylic acids is 1. The molecule has 1 aromatic carbocycles. The number of hydrogen-bond acceptors (Lipinski definition) is 3. The summed E-state index contributed by atoms with van der Waals surface area (Å²) < 4.78 is 0. The number of rotatable bonds is 7. The molecule has 1 amide bonds. The highest BCUT2D eigenvalue weighted by atomic mass is 16.3. The summed E-state index contributed by atoms with van der Waals surface area (Å²) in [6, 6.07) is 9.77. The highest BCUT2D eigenvalue weighted by Crippen LogP contribution is 2.24. The second-order valence-electron chi connectivity index (χ2n) is 6.10. The maximum Gasteiger partial charge on any atom is 0.220 e. The Morgan fingerprint density at radius 2 is 2.00 bits per heavy atom. The molecule has 0 saturated carbocycles. The summed E-state index contributed by atoms with van der Waals surface area (Å²) >= 11 is 0. The lowest BCUT2D eigenvalue weighted by Gasteiger charge is -2.15. The molecule has 2 atom stereocenters. The number of aliphatic hydroxyl groups excluding tert-OH is 1. The lowest BCUT2D eigenvalue weighted by atomic mass is 9.95. The fourth-order valence-electron chi connectivity index (χ4n) is 2.93. The van der Waals surface area contributed by atoms with Crippen molar-refractivity contribution < 1.29 is 9.90 Å². The van der Waals surface area contributed by atoms with Crippen molar-refractivity contribution in [3.8, 4) is 0 Å². The number of H-pyrrole nitrogens is 1. The van der Waals surface area contributed by atoms with Crippen molar-refractivity contribution in [2.45, 2.75) is 45.6 Å². The lowest BCUT2D eigenvalue weighted by Crippen LogP contribution is -2.33. The van der Waals surface area contributed by atoms with Gasteiger partial charge in [-0.05, 0) is 30.9 Å². The number of aryl methyl sites for hydroxylation is 2. The van der Waals surface area contributed by atoms with Crippen LogP contribution in [-0.2, 0) is 11.2 Å². The smallest absolute Gasteiger partial charge is 0.220 e. The standard InChI is InChI=1S/C18H25N3O2/c1-12(18-13(2)20-21-14(18)3)9-17(23)19-11-16(22)10-15-7-5-4-6-8-15/h4-8,12,16,22H,9-11H2,1-3H3,(H,19,23)(H,20,21)/t12-,16+/m1/s1. The second kappa shape index (κ2) is 7.92. The molecule has 2 aromatic rings. The van der Waals surface area contributed by atoms with E-state index in [9.17, 15) is 9.90 Å². The molecule has 0 spiro atoms. The van der Waals surface area contributed by atoms with Crippen molar-refractivity contribution >= 4 is 5.91 Å². The maximum atomic E-state index is 12.1. The number of nitrogens with zero attached hydrogens (tertiary/aromatic N) is 1. The average molecular weight is 315 g/mol. The van der Waals surface area contributed by atoms with Crippen LogP contribution in [0.1, 0.15) is 41.8 Å². The van der Waals surface area contributed by atoms with E-state index in [4.69, 9.17) is 0 Å². The first-order chi connectivity index (χ1) is 11.0. The molecule has 2 rings (SSSR count). The van der Waals surface area contributed by atoms with Gasteiger partial charge in [-0.2, -0.15) is 5.10 Å². The zero-order valence-electron chi connectivity index (χ0n) is 14.0. The first kappa shape index (κ1) is 17.2. The number of aromatic amines is 1. The molecular formula is C18H25N3O2. The highest BCUT2D eigenvalue weighted by molar-refractivity contribution is 5.76. The molecule has 124 valence electrons. The van der Waals surface area contributed by atoms with Crippen LogP contribution in [0.25, 0.3) is 0 Å². The van der Waals surface area contributed by atoms with Gasteiger partial charge in [0.2, 0.25) is 5.91 Å². The maximum absolute atomic E-state index is 12.1. The number of benzene rings is 1. The van der Waals surface area contributed by atoms with Crippen LogP contribution >= 0.6 is 0 Å². The first-order valence-electron chi connectivity index (χ1n) is 7.97. The van der Waals surface area contributed by atoms with Crippen LogP contribution < -0.4 is 5.32 Å². The number of carbonyl (C=O) groups is 1. The Kier molecular flexibility index (Phi) is 5.93. The molecule has 0 unspecified atom stereocenters. The van der Waals surface area contributed by atoms with Gasteiger partial charge in [0.15, 0.2) is 0 Å². The van der Waals surface area contributed by atoms with Crippen molar-refractivity contribution in [2.75, 3.05) is 6.54 Å². The Morgan fingerprint density at radius 1 is 1.30 bits per heavy atom. The summed E-state index contributed by atoms with van der Waals surface area (Å²) in [5.74, 6) is 0.0460. The average Bonchev–Trinajstić information content (AvgIpc) is 2.85. The van der Waals surface area contributed by atoms with Crippen LogP contribution in [0, 0.1) is 13.8 Å². The molecule has 0 aliphatic rings. The normalized spacial score (nSPS) is 13.6. The van der Waals surface area contributed by atoms with E-state index in [1.165, 1.54) is 0 Å². The van der Waals surface area contributed by atoms with E-state index in [0.29, 0.717) is 12.8 Å². The Labute approximate surface area is 137 Å². The first-order valence-corrected chi connectivity index (χ1v) is 7.97. The number of aromatic nitrogens is 2. The Bertz CT molecular complexity index is 617. The van der Waals surface area contributed by atoms with Crippen molar-refractivity contribution in [2.24, 2.45) is 0 Å². The minimum atomic E-state index is -0.575. The van der Waals surface area contributed by atoms with Gasteiger partial charge in [0.1, 0.15) is 0 Å². The molecule has 0 radical (unpaired) electrons. The second-order valence-corrected chi connectivity index (χ2v) is 6.10. The van der Waals surface area contributed by atoms with Crippen LogP contribution in [0.2, 0.25) is 0 Å². The van der Waals surface area contributed by atoms with Gasteiger partial charge in [-0.15, -0.1) is 0 Å². The third-order valence-electron chi connectivity index (χ3n) is 4.02. The number of amides is 1. The van der Waals surface area contributed by atoms with Crippen LogP contribution in [0.4, 0.5) is 0 Å². The third-order valence-corrected chi connectivity index (χ3v) is 4.02. The van der Waals surface area contributed by atoms with Crippen molar-refractivity contribution in [1.82, 2.24) is 15.5 Å². The predicted molar refractivity (Wildman–Crippen MR) is 90.3 cm³/mol. The van der Waals surface area contributed by atoms with E-state index in [-0.39, 0.29) is 18.4 Å². The molecular weight excluding hydrogens is 290 g/mol. The van der Waals surface area contributed by atoms with Crippen molar-refractivity contribution in [3.63, 3.8) is 0 Å². The van der Waals surface area contributed by atoms with Gasteiger partial charge >= 0.3 is 0 Å². The monoisotopic (exact) mass is 315 g/mol. The lowest BCUT2D eigenvalue weighted by molar-refractivity contribution is -0.121. The highest BCUT2D eigenvalue weighted by Gasteiger charge is 2.18. The quantitative estimate of drug-likeness (QED) is 0.733. The molecule has 0 fully saturated rings. The zero-order valence-corrected chi connectivity index (χ0v) is 14.0. The Balaban J connectivity index is 1.79. The van der Waals surface area contributed by atoms with E-state index in [0.717, 1.165) is 22.5 Å². The molecule has 3 N–H and O–H groups in total. The number of hydrogen-bond donors (Lipinski definition) is 3. The molecule has 5 heteroatoms. The molecule has 1 aromatic heterocycles. The molecule has 0 aliphatic heterocycles. The molecule has 0 bridgehead atoms. The molecule has 5 nitrogen and oxygen atoms in total. The summed E-state index contributed by atoms with van der Waals surface area (Å²) in [4.78, 5) is 12.1. The van der Waals surface area contributed by atoms with Crippen molar-refractivity contribution in [3.05, 3.63) is 52.8 Å². The van der Waals surface area contributed by atoms with Gasteiger partial charge in [-0.3, -0.25) is 9.89 Å². The van der Waals surface area contributed by atoms with Crippen LogP contribution in [0.3, 0.4) is 0 Å². The van der Waals surface area contributed by atoms with Crippen molar-refractivity contribution in [1.29, 1.82) is 0 Å². The topological polar surface area (TPSA) is 78.0 Å². The van der Waals surface area contributed by atoms with Crippen LogP contribution in [-0.4, -0.2) is 33.9 Å². The van der Waals surface area contributed by atoms with Gasteiger partial charge in [0.25, 0.3) is 0 Å². The van der Waals surface area contributed by atoms with Gasteiger partial charge in [-0.25, -0.2) is 0 Å². The van der Waals surface area contributed by atoms with E-state index < -0.39 is 6.10 Å². The molecule has 0 saturated heterocycles. The third kappa shape index (κ3) is 4.93. The van der Waals surface area contributed by atoms with E-state index in [1.807, 2.05) is 51.1 Å². The molecule has 23 heavy (non-hydrogen) atoms. The van der Waals surface area contributed by atoms with Crippen LogP contribution in [0.15, 0.2) is 30.3 Å². The van der Waals surface area contributed by atoms with Gasteiger partial charge in [0.05, 0.1) is 11.8 Å². The molecule has 0 aliphatic carbocycles. The minimum Gasteiger partial charge on any atom is -0.391 e. The molecule has 1 heterocycles. The minimum absolute atomic E-state index is 0.0513. The van der Waals surface area contributed by atoms with Gasteiger partial charge < -0.3 is 10.4 Å². The summed E-state index contributed by atoms with van der Waals surface area (Å²) in [6.07, 6.45) is 0.352. The largest absolute Gasteiger partial charge is 0.391 e. The summed E-state index contributed by atoms with van der Waals surface area (Å²) in [7, 11) is 0. The SMILES string of the molecule is Cc1n[nH]c(C)c1[C@H](C)CC(=O)NC[C@@H](O)Cc1ccccc1. The summed E-state index contributed by atoms with van der Waals surface area (Å²) in [5, 5.41) is 20.0. The fraction of sp³-hybridized carbons (Fsp3) is 0.444. The summed E-state index contributed by atoms with van der Waals surface area (Å²) in [6.45, 7) is 6.19. The fourth-order valence-corrected chi connectivity index (χ4v) is 2.93. The van der Waals surface area contributed by atoms with E-state index >= 15 is 0 Å².